The van der Waals surface area contributed by atoms with E-state index in [9.17, 15) is 4.79 Å². The number of aromatic nitrogens is 1. The molecule has 0 bridgehead atoms. The van der Waals surface area contributed by atoms with E-state index in [0.29, 0.717) is 5.56 Å². The first-order valence-corrected chi connectivity index (χ1v) is 7.17. The number of hydrogen-bond acceptors (Lipinski definition) is 3. The second-order valence-corrected chi connectivity index (χ2v) is 4.93. The molecule has 2 aromatic rings. The number of aryl methyl sites for hydroxylation is 1. The summed E-state index contributed by atoms with van der Waals surface area (Å²) in [5.74, 6) is 0.697. The van der Waals surface area contributed by atoms with Gasteiger partial charge in [0, 0.05) is 31.0 Å². The number of amides is 1. The fraction of sp³-hybridized carbons (Fsp3) is 0.294. The van der Waals surface area contributed by atoms with Crippen molar-refractivity contribution >= 4 is 17.4 Å². The van der Waals surface area contributed by atoms with Crippen molar-refractivity contribution in [1.82, 2.24) is 4.98 Å². The summed E-state index contributed by atoms with van der Waals surface area (Å²) in [6.45, 7) is 2.10. The quantitative estimate of drug-likeness (QED) is 0.915. The van der Waals surface area contributed by atoms with Crippen molar-refractivity contribution in [2.24, 2.45) is 0 Å². The van der Waals surface area contributed by atoms with Gasteiger partial charge in [0.15, 0.2) is 0 Å². The van der Waals surface area contributed by atoms with Crippen LogP contribution >= 0.6 is 0 Å². The van der Waals surface area contributed by atoms with Crippen LogP contribution in [0.5, 0.6) is 0 Å². The van der Waals surface area contributed by atoms with E-state index in [4.69, 9.17) is 0 Å². The molecule has 0 fully saturated rings. The Labute approximate surface area is 125 Å². The van der Waals surface area contributed by atoms with Crippen LogP contribution in [0.3, 0.4) is 0 Å². The highest BCUT2D eigenvalue weighted by Gasteiger charge is 2.15. The molecule has 0 aliphatic rings. The zero-order valence-corrected chi connectivity index (χ0v) is 12.8. The van der Waals surface area contributed by atoms with Crippen LogP contribution in [0.4, 0.5) is 11.5 Å². The van der Waals surface area contributed by atoms with Gasteiger partial charge in [-0.3, -0.25) is 4.79 Å². The van der Waals surface area contributed by atoms with Crippen molar-refractivity contribution in [1.29, 1.82) is 0 Å². The second kappa shape index (κ2) is 6.88. The number of rotatable bonds is 5. The van der Waals surface area contributed by atoms with E-state index in [-0.39, 0.29) is 5.91 Å². The van der Waals surface area contributed by atoms with Crippen molar-refractivity contribution in [2.45, 2.75) is 19.8 Å². The average molecular weight is 283 g/mol. The summed E-state index contributed by atoms with van der Waals surface area (Å²) in [5.41, 5.74) is 2.47. The Hall–Kier alpha value is -2.36. The Kier molecular flexibility index (Phi) is 4.93. The maximum Gasteiger partial charge on any atom is 0.258 e. The first kappa shape index (κ1) is 15.0. The average Bonchev–Trinajstić information content (AvgIpc) is 2.54. The van der Waals surface area contributed by atoms with Crippen LogP contribution in [-0.2, 0) is 6.42 Å². The molecule has 0 saturated carbocycles. The van der Waals surface area contributed by atoms with E-state index in [1.54, 1.807) is 18.0 Å². The molecular weight excluding hydrogens is 262 g/mol. The molecule has 0 saturated heterocycles. The highest BCUT2D eigenvalue weighted by atomic mass is 16.2. The predicted molar refractivity (Wildman–Crippen MR) is 87.0 cm³/mol. The third-order valence-electron chi connectivity index (χ3n) is 3.34. The number of para-hydroxylation sites is 1. The number of carbonyl (C=O) groups excluding carboxylic acids is 1. The van der Waals surface area contributed by atoms with Gasteiger partial charge in [-0.15, -0.1) is 0 Å². The van der Waals surface area contributed by atoms with Crippen molar-refractivity contribution in [3.05, 3.63) is 53.7 Å². The van der Waals surface area contributed by atoms with Gasteiger partial charge in [0.2, 0.25) is 0 Å². The van der Waals surface area contributed by atoms with Gasteiger partial charge < -0.3 is 10.2 Å². The summed E-state index contributed by atoms with van der Waals surface area (Å²) in [6.07, 6.45) is 1.87. The minimum Gasteiger partial charge on any atom is -0.373 e. The van der Waals surface area contributed by atoms with Gasteiger partial charge in [0.25, 0.3) is 5.91 Å². The molecule has 1 aromatic heterocycles. The third-order valence-corrected chi connectivity index (χ3v) is 3.34. The maximum atomic E-state index is 12.6. The smallest absolute Gasteiger partial charge is 0.258 e. The fourth-order valence-electron chi connectivity index (χ4n) is 2.19. The number of benzene rings is 1. The molecule has 1 aromatic carbocycles. The molecule has 0 aliphatic heterocycles. The van der Waals surface area contributed by atoms with Crippen LogP contribution in [-0.4, -0.2) is 25.0 Å². The van der Waals surface area contributed by atoms with E-state index in [0.717, 1.165) is 30.0 Å². The van der Waals surface area contributed by atoms with Gasteiger partial charge in [-0.25, -0.2) is 4.98 Å². The lowest BCUT2D eigenvalue weighted by Crippen LogP contribution is -2.26. The maximum absolute atomic E-state index is 12.6. The Morgan fingerprint density at radius 1 is 1.24 bits per heavy atom. The van der Waals surface area contributed by atoms with E-state index < -0.39 is 0 Å². The number of nitrogens with zero attached hydrogens (tertiary/aromatic N) is 2. The molecular formula is C17H21N3O. The molecule has 4 nitrogen and oxygen atoms in total. The van der Waals surface area contributed by atoms with Crippen molar-refractivity contribution < 1.29 is 4.79 Å². The highest BCUT2D eigenvalue weighted by Crippen LogP contribution is 2.18. The van der Waals surface area contributed by atoms with Crippen LogP contribution in [0.1, 0.15) is 29.4 Å². The van der Waals surface area contributed by atoms with Gasteiger partial charge in [-0.1, -0.05) is 31.5 Å². The molecule has 1 heterocycles. The molecule has 0 atom stereocenters. The topological polar surface area (TPSA) is 45.2 Å². The molecule has 0 radical (unpaired) electrons. The molecule has 2 rings (SSSR count). The first-order valence-electron chi connectivity index (χ1n) is 7.17. The molecule has 21 heavy (non-hydrogen) atoms. The summed E-state index contributed by atoms with van der Waals surface area (Å²) in [4.78, 5) is 18.8. The number of nitrogens with one attached hydrogen (secondary N) is 1. The second-order valence-electron chi connectivity index (χ2n) is 4.93. The van der Waals surface area contributed by atoms with Crippen molar-refractivity contribution in [2.75, 3.05) is 24.3 Å². The number of pyridine rings is 1. The molecule has 1 amide bonds. The summed E-state index contributed by atoms with van der Waals surface area (Å²) < 4.78 is 0. The standard InChI is InChI=1S/C17H21N3O/c1-4-8-14-11-13(12-16(18-2)19-14)17(21)20(3)15-9-6-5-7-10-15/h5-7,9-12H,4,8H2,1-3H3,(H,18,19). The SMILES string of the molecule is CCCc1cc(C(=O)N(C)c2ccccc2)cc(NC)n1. The van der Waals surface area contributed by atoms with Gasteiger partial charge >= 0.3 is 0 Å². The highest BCUT2D eigenvalue weighted by molar-refractivity contribution is 6.06. The Balaban J connectivity index is 2.31. The third kappa shape index (κ3) is 3.60. The Morgan fingerprint density at radius 2 is 1.95 bits per heavy atom. The lowest BCUT2D eigenvalue weighted by Gasteiger charge is -2.18. The van der Waals surface area contributed by atoms with E-state index in [2.05, 4.69) is 17.2 Å². The van der Waals surface area contributed by atoms with Crippen molar-refractivity contribution in [3.63, 3.8) is 0 Å². The Bertz CT molecular complexity index is 611. The summed E-state index contributed by atoms with van der Waals surface area (Å²) in [7, 11) is 3.60. The van der Waals surface area contributed by atoms with Crippen LogP contribution in [0, 0.1) is 0 Å². The van der Waals surface area contributed by atoms with Crippen LogP contribution in [0.25, 0.3) is 0 Å². The molecule has 1 N–H and O–H groups in total. The van der Waals surface area contributed by atoms with Gasteiger partial charge in [0.05, 0.1) is 0 Å². The van der Waals surface area contributed by atoms with Crippen LogP contribution in [0.15, 0.2) is 42.5 Å². The summed E-state index contributed by atoms with van der Waals surface area (Å²) >= 11 is 0. The molecule has 0 spiro atoms. The van der Waals surface area contributed by atoms with E-state index in [1.807, 2.05) is 43.4 Å². The monoisotopic (exact) mass is 283 g/mol. The largest absolute Gasteiger partial charge is 0.373 e. The lowest BCUT2D eigenvalue weighted by molar-refractivity contribution is 0.0993. The first-order chi connectivity index (χ1) is 10.2. The lowest BCUT2D eigenvalue weighted by atomic mass is 10.1. The molecule has 110 valence electrons. The van der Waals surface area contributed by atoms with Crippen molar-refractivity contribution in [3.8, 4) is 0 Å². The molecule has 0 aliphatic carbocycles. The summed E-state index contributed by atoms with van der Waals surface area (Å²) in [5, 5.41) is 3.02. The fourth-order valence-corrected chi connectivity index (χ4v) is 2.19. The van der Waals surface area contributed by atoms with Crippen LogP contribution in [0.2, 0.25) is 0 Å². The Morgan fingerprint density at radius 3 is 2.57 bits per heavy atom. The zero-order chi connectivity index (χ0) is 15.2. The van der Waals surface area contributed by atoms with Crippen LogP contribution < -0.4 is 10.2 Å². The van der Waals surface area contributed by atoms with Gasteiger partial charge in [-0.05, 0) is 30.7 Å². The zero-order valence-electron chi connectivity index (χ0n) is 12.8. The molecule has 4 heteroatoms. The molecule has 0 unspecified atom stereocenters. The van der Waals surface area contributed by atoms with E-state index in [1.165, 1.54) is 0 Å². The number of hydrogen-bond donors (Lipinski definition) is 1. The van der Waals surface area contributed by atoms with E-state index >= 15 is 0 Å². The van der Waals surface area contributed by atoms with Gasteiger partial charge in [0.1, 0.15) is 5.82 Å². The predicted octanol–water partition coefficient (Wildman–Crippen LogP) is 3.35. The van der Waals surface area contributed by atoms with Gasteiger partial charge in [-0.2, -0.15) is 0 Å². The number of anilines is 2. The number of carbonyl (C=O) groups is 1. The summed E-state index contributed by atoms with van der Waals surface area (Å²) in [6, 6.07) is 13.3. The normalized spacial score (nSPS) is 10.2. The minimum atomic E-state index is -0.0301. The minimum absolute atomic E-state index is 0.0301.